The molecule has 2 heterocycles. The lowest BCUT2D eigenvalue weighted by molar-refractivity contribution is 0.0691. The molecule has 9 heteroatoms. The van der Waals surface area contributed by atoms with Crippen LogP contribution in [-0.2, 0) is 6.54 Å². The van der Waals surface area contributed by atoms with E-state index >= 15 is 0 Å². The second kappa shape index (κ2) is 7.14. The Morgan fingerprint density at radius 1 is 1.43 bits per heavy atom. The minimum absolute atomic E-state index is 0.00794. The standard InChI is InChI=1S/C12H14N4O3S2/c1-2-7(10-13-3-4-20-10)16-12(19)14-5-9-15-8(6-21-9)11(17)18/h3-4,6-7H,2,5H2,1H3,(H,17,18)(H2,14,16,19). The van der Waals surface area contributed by atoms with Crippen molar-refractivity contribution in [3.05, 3.63) is 32.7 Å². The molecule has 0 aliphatic rings. The molecule has 0 aromatic carbocycles. The molecule has 2 amide bonds. The summed E-state index contributed by atoms with van der Waals surface area (Å²) < 4.78 is 0. The van der Waals surface area contributed by atoms with Gasteiger partial charge >= 0.3 is 12.0 Å². The van der Waals surface area contributed by atoms with Crippen molar-refractivity contribution in [2.24, 2.45) is 0 Å². The lowest BCUT2D eigenvalue weighted by atomic mass is 10.2. The van der Waals surface area contributed by atoms with Crippen LogP contribution in [0.15, 0.2) is 17.0 Å². The van der Waals surface area contributed by atoms with Crippen molar-refractivity contribution < 1.29 is 14.7 Å². The summed E-state index contributed by atoms with van der Waals surface area (Å²) in [4.78, 5) is 30.6. The third-order valence-electron chi connectivity index (χ3n) is 2.63. The number of thiazole rings is 2. The highest BCUT2D eigenvalue weighted by Gasteiger charge is 2.15. The van der Waals surface area contributed by atoms with Gasteiger partial charge in [0, 0.05) is 17.0 Å². The molecule has 0 aliphatic heterocycles. The predicted molar refractivity (Wildman–Crippen MR) is 79.6 cm³/mol. The Hall–Kier alpha value is -2.00. The summed E-state index contributed by atoms with van der Waals surface area (Å²) in [5.41, 5.74) is -0.00794. The third-order valence-corrected chi connectivity index (χ3v) is 4.37. The minimum atomic E-state index is -1.07. The molecule has 0 saturated heterocycles. The normalized spacial score (nSPS) is 11.9. The number of carboxylic acids is 1. The number of carbonyl (C=O) groups excluding carboxylic acids is 1. The van der Waals surface area contributed by atoms with E-state index in [-0.39, 0.29) is 24.3 Å². The summed E-state index contributed by atoms with van der Waals surface area (Å²) in [5.74, 6) is -1.07. The number of nitrogens with zero attached hydrogens (tertiary/aromatic N) is 2. The van der Waals surface area contributed by atoms with Gasteiger partial charge in [0.25, 0.3) is 0 Å². The van der Waals surface area contributed by atoms with Gasteiger partial charge in [-0.05, 0) is 6.42 Å². The first-order valence-corrected chi connectivity index (χ1v) is 7.97. The summed E-state index contributed by atoms with van der Waals surface area (Å²) in [5, 5.41) is 19.0. The number of amides is 2. The molecule has 21 heavy (non-hydrogen) atoms. The van der Waals surface area contributed by atoms with Gasteiger partial charge in [0.05, 0.1) is 12.6 Å². The highest BCUT2D eigenvalue weighted by molar-refractivity contribution is 7.10. The Bertz CT molecular complexity index is 612. The van der Waals surface area contributed by atoms with Crippen molar-refractivity contribution in [3.63, 3.8) is 0 Å². The van der Waals surface area contributed by atoms with Gasteiger partial charge in [0.1, 0.15) is 10.0 Å². The fourth-order valence-electron chi connectivity index (χ4n) is 1.60. The summed E-state index contributed by atoms with van der Waals surface area (Å²) in [6.07, 6.45) is 2.44. The fourth-order valence-corrected chi connectivity index (χ4v) is 3.08. The quantitative estimate of drug-likeness (QED) is 0.755. The number of nitrogens with one attached hydrogen (secondary N) is 2. The zero-order chi connectivity index (χ0) is 15.2. The number of carboxylic acid groups (broad SMARTS) is 1. The third kappa shape index (κ3) is 4.23. The van der Waals surface area contributed by atoms with Gasteiger partial charge in [-0.25, -0.2) is 19.6 Å². The molecule has 0 radical (unpaired) electrons. The van der Waals surface area contributed by atoms with Gasteiger partial charge in [-0.3, -0.25) is 0 Å². The van der Waals surface area contributed by atoms with E-state index in [4.69, 9.17) is 5.11 Å². The van der Waals surface area contributed by atoms with Crippen LogP contribution in [0.1, 0.15) is 39.9 Å². The van der Waals surface area contributed by atoms with Crippen LogP contribution in [0.3, 0.4) is 0 Å². The Labute approximate surface area is 129 Å². The molecule has 2 aromatic heterocycles. The zero-order valence-corrected chi connectivity index (χ0v) is 12.8. The van der Waals surface area contributed by atoms with Crippen LogP contribution in [0, 0.1) is 0 Å². The van der Waals surface area contributed by atoms with Crippen LogP contribution in [0.4, 0.5) is 4.79 Å². The zero-order valence-electron chi connectivity index (χ0n) is 11.2. The maximum absolute atomic E-state index is 11.8. The van der Waals surface area contributed by atoms with E-state index in [2.05, 4.69) is 20.6 Å². The average Bonchev–Trinajstić information content (AvgIpc) is 3.13. The molecule has 2 aromatic rings. The van der Waals surface area contributed by atoms with E-state index in [1.807, 2.05) is 12.3 Å². The van der Waals surface area contributed by atoms with Gasteiger partial charge in [0.15, 0.2) is 5.69 Å². The Morgan fingerprint density at radius 3 is 2.81 bits per heavy atom. The molecule has 0 fully saturated rings. The predicted octanol–water partition coefficient (Wildman–Crippen LogP) is 2.25. The first kappa shape index (κ1) is 15.4. The van der Waals surface area contributed by atoms with E-state index in [1.54, 1.807) is 6.20 Å². The van der Waals surface area contributed by atoms with Crippen molar-refractivity contribution in [2.45, 2.75) is 25.9 Å². The molecule has 2 rings (SSSR count). The molecule has 0 aliphatic carbocycles. The smallest absolute Gasteiger partial charge is 0.355 e. The van der Waals surface area contributed by atoms with Gasteiger partial charge < -0.3 is 15.7 Å². The van der Waals surface area contributed by atoms with Crippen LogP contribution in [0.2, 0.25) is 0 Å². The summed E-state index contributed by atoms with van der Waals surface area (Å²) in [6.45, 7) is 2.16. The largest absolute Gasteiger partial charge is 0.476 e. The molecule has 0 bridgehead atoms. The van der Waals surface area contributed by atoms with Crippen LogP contribution in [0.5, 0.6) is 0 Å². The van der Waals surface area contributed by atoms with Crippen LogP contribution in [0.25, 0.3) is 0 Å². The highest BCUT2D eigenvalue weighted by Crippen LogP contribution is 2.18. The Balaban J connectivity index is 1.85. The van der Waals surface area contributed by atoms with E-state index in [9.17, 15) is 9.59 Å². The van der Waals surface area contributed by atoms with Crippen molar-refractivity contribution in [3.8, 4) is 0 Å². The molecule has 1 unspecified atom stereocenters. The van der Waals surface area contributed by atoms with E-state index in [0.717, 1.165) is 11.4 Å². The molecule has 0 saturated carbocycles. The number of hydrogen-bond donors (Lipinski definition) is 3. The topological polar surface area (TPSA) is 104 Å². The van der Waals surface area contributed by atoms with Crippen molar-refractivity contribution in [1.82, 2.24) is 20.6 Å². The van der Waals surface area contributed by atoms with Crippen LogP contribution in [-0.4, -0.2) is 27.1 Å². The molecule has 1 atom stereocenters. The van der Waals surface area contributed by atoms with Crippen LogP contribution < -0.4 is 10.6 Å². The average molecular weight is 326 g/mol. The summed E-state index contributed by atoms with van der Waals surface area (Å²) in [7, 11) is 0. The Kier molecular flexibility index (Phi) is 5.23. The number of urea groups is 1. The molecule has 3 N–H and O–H groups in total. The summed E-state index contributed by atoms with van der Waals surface area (Å²) in [6, 6.07) is -0.458. The SMILES string of the molecule is CCC(NC(=O)NCc1nc(C(=O)O)cs1)c1nccs1. The second-order valence-corrected chi connectivity index (χ2v) is 5.96. The lowest BCUT2D eigenvalue weighted by Crippen LogP contribution is -2.37. The number of aromatic carboxylic acids is 1. The molecular formula is C12H14N4O3S2. The molecular weight excluding hydrogens is 312 g/mol. The van der Waals surface area contributed by atoms with Gasteiger partial charge in [-0.15, -0.1) is 22.7 Å². The lowest BCUT2D eigenvalue weighted by Gasteiger charge is -2.14. The number of aromatic nitrogens is 2. The van der Waals surface area contributed by atoms with Crippen molar-refractivity contribution >= 4 is 34.7 Å². The molecule has 112 valence electrons. The van der Waals surface area contributed by atoms with Gasteiger partial charge in [-0.1, -0.05) is 6.92 Å². The fraction of sp³-hybridized carbons (Fsp3) is 0.333. The maximum Gasteiger partial charge on any atom is 0.355 e. The number of rotatable bonds is 6. The Morgan fingerprint density at radius 2 is 2.24 bits per heavy atom. The highest BCUT2D eigenvalue weighted by atomic mass is 32.1. The minimum Gasteiger partial charge on any atom is -0.476 e. The van der Waals surface area contributed by atoms with Crippen molar-refractivity contribution in [1.29, 1.82) is 0 Å². The number of hydrogen-bond acceptors (Lipinski definition) is 6. The second-order valence-electron chi connectivity index (χ2n) is 4.09. The maximum atomic E-state index is 11.8. The summed E-state index contributed by atoms with van der Waals surface area (Å²) >= 11 is 2.69. The van der Waals surface area contributed by atoms with E-state index in [1.165, 1.54) is 28.1 Å². The first-order valence-electron chi connectivity index (χ1n) is 6.21. The van der Waals surface area contributed by atoms with Gasteiger partial charge in [-0.2, -0.15) is 0 Å². The van der Waals surface area contributed by atoms with Gasteiger partial charge in [0.2, 0.25) is 0 Å². The van der Waals surface area contributed by atoms with E-state index in [0.29, 0.717) is 5.01 Å². The number of carbonyl (C=O) groups is 2. The van der Waals surface area contributed by atoms with Crippen LogP contribution >= 0.6 is 22.7 Å². The van der Waals surface area contributed by atoms with E-state index < -0.39 is 5.97 Å². The molecule has 7 nitrogen and oxygen atoms in total. The molecule has 0 spiro atoms. The van der Waals surface area contributed by atoms with Crippen molar-refractivity contribution in [2.75, 3.05) is 0 Å². The monoisotopic (exact) mass is 326 g/mol. The first-order chi connectivity index (χ1) is 10.1.